The number of methoxy groups -OCH3 is 1. The van der Waals surface area contributed by atoms with Gasteiger partial charge < -0.3 is 15.2 Å². The van der Waals surface area contributed by atoms with Crippen molar-refractivity contribution in [3.05, 3.63) is 71.8 Å². The fourth-order valence-corrected chi connectivity index (χ4v) is 3.66. The molecule has 0 aliphatic carbocycles. The Bertz CT molecular complexity index is 1090. The molecule has 0 aromatic heterocycles. The Morgan fingerprint density at radius 3 is 2.76 bits per heavy atom. The maximum atomic E-state index is 13.1. The number of hydrazone groups is 1. The van der Waals surface area contributed by atoms with Crippen molar-refractivity contribution >= 4 is 29.2 Å². The molecular formula is C21H17N3O5. The van der Waals surface area contributed by atoms with E-state index in [9.17, 15) is 14.4 Å². The molecule has 0 fully saturated rings. The number of amides is 2. The molecule has 8 heteroatoms. The van der Waals surface area contributed by atoms with Crippen LogP contribution < -0.4 is 10.1 Å². The molecule has 2 amide bonds. The van der Waals surface area contributed by atoms with Crippen molar-refractivity contribution in [3.8, 4) is 5.75 Å². The lowest BCUT2D eigenvalue weighted by Crippen LogP contribution is -2.48. The number of carbonyl (C=O) groups is 3. The summed E-state index contributed by atoms with van der Waals surface area (Å²) in [6.45, 7) is 0. The van der Waals surface area contributed by atoms with E-state index in [-0.39, 0.29) is 6.42 Å². The molecule has 2 aliphatic rings. The van der Waals surface area contributed by atoms with E-state index in [0.717, 1.165) is 17.2 Å². The summed E-state index contributed by atoms with van der Waals surface area (Å²) in [6.07, 6.45) is 1.78. The highest BCUT2D eigenvalue weighted by Crippen LogP contribution is 2.47. The van der Waals surface area contributed by atoms with Gasteiger partial charge in [-0.1, -0.05) is 30.3 Å². The summed E-state index contributed by atoms with van der Waals surface area (Å²) >= 11 is 0. The van der Waals surface area contributed by atoms with Gasteiger partial charge in [0.1, 0.15) is 5.75 Å². The van der Waals surface area contributed by atoms with Crippen LogP contribution in [0.3, 0.4) is 0 Å². The van der Waals surface area contributed by atoms with Gasteiger partial charge >= 0.3 is 5.97 Å². The molecule has 0 saturated heterocycles. The Balaban J connectivity index is 1.84. The van der Waals surface area contributed by atoms with Crippen LogP contribution in [0.15, 0.2) is 65.8 Å². The Kier molecular flexibility index (Phi) is 4.38. The number of hydrogen-bond donors (Lipinski definition) is 2. The Labute approximate surface area is 166 Å². The second-order valence-corrected chi connectivity index (χ2v) is 6.64. The smallest absolute Gasteiger partial charge is 0.328 e. The quantitative estimate of drug-likeness (QED) is 0.776. The van der Waals surface area contributed by atoms with E-state index >= 15 is 0 Å². The third-order valence-corrected chi connectivity index (χ3v) is 4.98. The minimum Gasteiger partial charge on any atom is -0.497 e. The Morgan fingerprint density at radius 2 is 2.00 bits per heavy atom. The molecule has 2 aliphatic heterocycles. The molecule has 0 saturated carbocycles. The van der Waals surface area contributed by atoms with Crippen molar-refractivity contribution in [1.29, 1.82) is 0 Å². The average molecular weight is 391 g/mol. The van der Waals surface area contributed by atoms with Gasteiger partial charge in [-0.3, -0.25) is 9.59 Å². The maximum Gasteiger partial charge on any atom is 0.328 e. The van der Waals surface area contributed by atoms with Gasteiger partial charge in [0.05, 0.1) is 12.8 Å². The van der Waals surface area contributed by atoms with E-state index in [1.165, 1.54) is 0 Å². The zero-order valence-electron chi connectivity index (χ0n) is 15.5. The third kappa shape index (κ3) is 2.94. The van der Waals surface area contributed by atoms with Crippen molar-refractivity contribution < 1.29 is 24.2 Å². The van der Waals surface area contributed by atoms with Crippen molar-refractivity contribution in [1.82, 2.24) is 5.01 Å². The number of rotatable bonds is 4. The highest BCUT2D eigenvalue weighted by atomic mass is 16.5. The second-order valence-electron chi connectivity index (χ2n) is 6.64. The number of hydrogen-bond acceptors (Lipinski definition) is 5. The summed E-state index contributed by atoms with van der Waals surface area (Å²) in [5.74, 6) is -1.74. The van der Waals surface area contributed by atoms with Crippen LogP contribution in [-0.2, 0) is 19.9 Å². The predicted molar refractivity (Wildman–Crippen MR) is 105 cm³/mol. The normalized spacial score (nSPS) is 20.0. The Hall–Kier alpha value is -3.94. The number of nitrogens with one attached hydrogen (secondary N) is 1. The number of ether oxygens (including phenoxy) is 1. The van der Waals surface area contributed by atoms with E-state index < -0.39 is 23.3 Å². The van der Waals surface area contributed by atoms with Crippen LogP contribution >= 0.6 is 0 Å². The second kappa shape index (κ2) is 6.90. The SMILES string of the molecule is COc1cccc(C2=NN(C(=O)/C=C/C(=O)O)[C@]3(C2)C(=O)Nc2ccccc23)c1. The van der Waals surface area contributed by atoms with Crippen LogP contribution in [-0.4, -0.2) is 40.7 Å². The standard InChI is InChI=1S/C21H17N3O5/c1-29-14-6-4-5-13(11-14)17-12-21(24(23-17)18(25)9-10-19(26)27)15-7-2-3-8-16(15)22-20(21)28/h2-11H,12H2,1H3,(H,22,28)(H,26,27)/b10-9+/t21-/m0/s1. The van der Waals surface area contributed by atoms with Gasteiger partial charge in [-0.05, 0) is 18.2 Å². The van der Waals surface area contributed by atoms with Gasteiger partial charge in [0.25, 0.3) is 11.8 Å². The van der Waals surface area contributed by atoms with Gasteiger partial charge in [0, 0.05) is 35.4 Å². The highest BCUT2D eigenvalue weighted by Gasteiger charge is 2.57. The van der Waals surface area contributed by atoms with E-state index in [0.29, 0.717) is 28.3 Å². The summed E-state index contributed by atoms with van der Waals surface area (Å²) in [5.41, 5.74) is 1.06. The molecule has 2 N–H and O–H groups in total. The van der Waals surface area contributed by atoms with Gasteiger partial charge in [0.15, 0.2) is 5.54 Å². The first-order chi connectivity index (χ1) is 14.0. The molecule has 4 rings (SSSR count). The molecule has 0 radical (unpaired) electrons. The van der Waals surface area contributed by atoms with Crippen LogP contribution in [0.5, 0.6) is 5.75 Å². The summed E-state index contributed by atoms with van der Waals surface area (Å²) in [5, 5.41) is 17.2. The Morgan fingerprint density at radius 1 is 1.21 bits per heavy atom. The first-order valence-electron chi connectivity index (χ1n) is 8.84. The van der Waals surface area contributed by atoms with Crippen LogP contribution in [0.25, 0.3) is 0 Å². The number of benzene rings is 2. The van der Waals surface area contributed by atoms with Gasteiger partial charge in [-0.25, -0.2) is 9.80 Å². The van der Waals surface area contributed by atoms with Crippen molar-refractivity contribution in [2.24, 2.45) is 5.10 Å². The minimum atomic E-state index is -1.38. The number of fused-ring (bicyclic) bond motifs is 2. The lowest BCUT2D eigenvalue weighted by atomic mass is 9.85. The van der Waals surface area contributed by atoms with Crippen molar-refractivity contribution in [2.45, 2.75) is 12.0 Å². The summed E-state index contributed by atoms with van der Waals surface area (Å²) < 4.78 is 5.26. The van der Waals surface area contributed by atoms with Crippen molar-refractivity contribution in [2.75, 3.05) is 12.4 Å². The van der Waals surface area contributed by atoms with Crippen LogP contribution in [0.4, 0.5) is 5.69 Å². The number of anilines is 1. The molecule has 1 atom stereocenters. The monoisotopic (exact) mass is 391 g/mol. The van der Waals surface area contributed by atoms with E-state index in [1.807, 2.05) is 6.07 Å². The number of para-hydroxylation sites is 1. The average Bonchev–Trinajstić information content (AvgIpc) is 3.26. The zero-order valence-corrected chi connectivity index (χ0v) is 15.5. The fraction of sp³-hybridized carbons (Fsp3) is 0.143. The lowest BCUT2D eigenvalue weighted by Gasteiger charge is -2.29. The molecule has 2 aromatic rings. The fourth-order valence-electron chi connectivity index (χ4n) is 3.66. The zero-order chi connectivity index (χ0) is 20.6. The molecule has 29 heavy (non-hydrogen) atoms. The van der Waals surface area contributed by atoms with Crippen molar-refractivity contribution in [3.63, 3.8) is 0 Å². The molecule has 0 bridgehead atoms. The molecular weight excluding hydrogens is 374 g/mol. The highest BCUT2D eigenvalue weighted by molar-refractivity contribution is 6.15. The van der Waals surface area contributed by atoms with Crippen LogP contribution in [0, 0.1) is 0 Å². The summed E-state index contributed by atoms with van der Waals surface area (Å²) in [4.78, 5) is 36.8. The van der Waals surface area contributed by atoms with Crippen LogP contribution in [0.2, 0.25) is 0 Å². The number of nitrogens with zero attached hydrogens (tertiary/aromatic N) is 2. The summed E-state index contributed by atoms with van der Waals surface area (Å²) in [6, 6.07) is 14.2. The number of aliphatic carboxylic acids is 1. The molecule has 0 unspecified atom stereocenters. The van der Waals surface area contributed by atoms with E-state index in [1.54, 1.807) is 49.6 Å². The molecule has 8 nitrogen and oxygen atoms in total. The minimum absolute atomic E-state index is 0.148. The van der Waals surface area contributed by atoms with Gasteiger partial charge in [0.2, 0.25) is 0 Å². The number of carboxylic acid groups (broad SMARTS) is 1. The first-order valence-corrected chi connectivity index (χ1v) is 8.84. The molecule has 2 heterocycles. The first kappa shape index (κ1) is 18.4. The topological polar surface area (TPSA) is 108 Å². The number of carboxylic acids is 1. The van der Waals surface area contributed by atoms with Crippen LogP contribution in [0.1, 0.15) is 17.5 Å². The van der Waals surface area contributed by atoms with E-state index in [4.69, 9.17) is 9.84 Å². The maximum absolute atomic E-state index is 13.1. The molecule has 1 spiro atoms. The van der Waals surface area contributed by atoms with E-state index in [2.05, 4.69) is 10.4 Å². The number of carbonyl (C=O) groups excluding carboxylic acids is 2. The van der Waals surface area contributed by atoms with Gasteiger partial charge in [-0.2, -0.15) is 5.10 Å². The molecule has 146 valence electrons. The predicted octanol–water partition coefficient (Wildman–Crippen LogP) is 2.12. The lowest BCUT2D eigenvalue weighted by molar-refractivity contribution is -0.140. The largest absolute Gasteiger partial charge is 0.497 e. The third-order valence-electron chi connectivity index (χ3n) is 4.98. The molecule has 2 aromatic carbocycles. The summed E-state index contributed by atoms with van der Waals surface area (Å²) in [7, 11) is 1.55. The van der Waals surface area contributed by atoms with Gasteiger partial charge in [-0.15, -0.1) is 0 Å².